The van der Waals surface area contributed by atoms with Crippen LogP contribution in [0.4, 0.5) is 5.69 Å². The number of aromatic amines is 1. The Hall–Kier alpha value is -2.63. The van der Waals surface area contributed by atoms with E-state index >= 15 is 0 Å². The lowest BCUT2D eigenvalue weighted by Gasteiger charge is -2.40. The third kappa shape index (κ3) is 2.91. The van der Waals surface area contributed by atoms with Crippen LogP contribution in [0.3, 0.4) is 0 Å². The Labute approximate surface area is 164 Å². The van der Waals surface area contributed by atoms with E-state index in [9.17, 15) is 4.79 Å². The molecule has 2 aromatic heterocycles. The Morgan fingerprint density at radius 3 is 2.61 bits per heavy atom. The van der Waals surface area contributed by atoms with Crippen molar-refractivity contribution in [1.82, 2.24) is 19.7 Å². The van der Waals surface area contributed by atoms with Gasteiger partial charge in [-0.05, 0) is 49.9 Å². The van der Waals surface area contributed by atoms with Gasteiger partial charge in [-0.15, -0.1) is 0 Å². The van der Waals surface area contributed by atoms with E-state index in [1.807, 2.05) is 4.68 Å². The molecule has 0 spiro atoms. The van der Waals surface area contributed by atoms with Crippen molar-refractivity contribution in [3.63, 3.8) is 0 Å². The van der Waals surface area contributed by atoms with Crippen LogP contribution in [0.1, 0.15) is 61.0 Å². The van der Waals surface area contributed by atoms with Gasteiger partial charge in [-0.2, -0.15) is 5.10 Å². The average Bonchev–Trinajstić information content (AvgIpc) is 3.09. The van der Waals surface area contributed by atoms with Gasteiger partial charge < -0.3 is 9.88 Å². The molecule has 1 aromatic carbocycles. The second-order valence-corrected chi connectivity index (χ2v) is 8.44. The highest BCUT2D eigenvalue weighted by atomic mass is 16.1. The van der Waals surface area contributed by atoms with E-state index in [-0.39, 0.29) is 11.5 Å². The maximum absolute atomic E-state index is 12.6. The predicted octanol–water partition coefficient (Wildman–Crippen LogP) is 3.85. The number of H-pyrrole nitrogens is 1. The second kappa shape index (κ2) is 6.76. The van der Waals surface area contributed by atoms with Crippen molar-refractivity contribution < 1.29 is 0 Å². The van der Waals surface area contributed by atoms with E-state index in [0.29, 0.717) is 11.4 Å². The zero-order valence-corrected chi connectivity index (χ0v) is 16.6. The number of nitrogens with zero attached hydrogens (tertiary/aromatic N) is 4. The predicted molar refractivity (Wildman–Crippen MR) is 111 cm³/mol. The maximum atomic E-state index is 12.6. The Morgan fingerprint density at radius 2 is 1.86 bits per heavy atom. The molecule has 28 heavy (non-hydrogen) atoms. The van der Waals surface area contributed by atoms with Gasteiger partial charge in [-0.1, -0.05) is 25.3 Å². The second-order valence-electron chi connectivity index (χ2n) is 8.44. The summed E-state index contributed by atoms with van der Waals surface area (Å²) in [5.41, 5.74) is 4.57. The minimum Gasteiger partial charge on any atom is -0.370 e. The van der Waals surface area contributed by atoms with Gasteiger partial charge in [-0.25, -0.2) is 9.67 Å². The maximum Gasteiger partial charge on any atom is 0.262 e. The van der Waals surface area contributed by atoms with Gasteiger partial charge in [0.1, 0.15) is 11.2 Å². The Bertz CT molecular complexity index is 1070. The van der Waals surface area contributed by atoms with Gasteiger partial charge in [0.15, 0.2) is 5.65 Å². The van der Waals surface area contributed by atoms with E-state index in [4.69, 9.17) is 4.98 Å². The van der Waals surface area contributed by atoms with Gasteiger partial charge >= 0.3 is 0 Å². The Morgan fingerprint density at radius 1 is 1.07 bits per heavy atom. The molecular weight excluding hydrogens is 350 g/mol. The number of anilines is 1. The molecule has 5 rings (SSSR count). The first kappa shape index (κ1) is 17.5. The van der Waals surface area contributed by atoms with Gasteiger partial charge in [0.05, 0.1) is 18.2 Å². The number of hydrogen-bond acceptors (Lipinski definition) is 4. The highest BCUT2D eigenvalue weighted by molar-refractivity contribution is 5.73. The molecule has 2 aliphatic rings. The lowest BCUT2D eigenvalue weighted by Crippen LogP contribution is -2.46. The number of aryl methyl sites for hydroxylation is 2. The lowest BCUT2D eigenvalue weighted by atomic mass is 9.95. The van der Waals surface area contributed by atoms with Crippen LogP contribution in [0.2, 0.25) is 0 Å². The summed E-state index contributed by atoms with van der Waals surface area (Å²) in [6.07, 6.45) is 7.70. The molecular formula is C22H27N5O. The molecule has 1 saturated carbocycles. The molecule has 3 heterocycles. The van der Waals surface area contributed by atoms with E-state index in [0.717, 1.165) is 37.4 Å². The van der Waals surface area contributed by atoms with E-state index in [1.165, 1.54) is 36.1 Å². The zero-order chi connectivity index (χ0) is 19.3. The minimum absolute atomic E-state index is 0.0633. The van der Waals surface area contributed by atoms with E-state index < -0.39 is 0 Å². The Kier molecular flexibility index (Phi) is 4.22. The number of benzene rings is 1. The van der Waals surface area contributed by atoms with Crippen LogP contribution in [0, 0.1) is 13.8 Å². The van der Waals surface area contributed by atoms with Crippen LogP contribution < -0.4 is 10.5 Å². The smallest absolute Gasteiger partial charge is 0.262 e. The fourth-order valence-corrected chi connectivity index (χ4v) is 4.52. The third-order valence-corrected chi connectivity index (χ3v) is 6.53. The quantitative estimate of drug-likeness (QED) is 0.753. The van der Waals surface area contributed by atoms with Crippen LogP contribution >= 0.6 is 0 Å². The molecule has 6 heteroatoms. The normalized spacial score (nSPS) is 18.6. The summed E-state index contributed by atoms with van der Waals surface area (Å²) in [5, 5.41) is 5.14. The molecule has 1 saturated heterocycles. The monoisotopic (exact) mass is 377 g/mol. The van der Waals surface area contributed by atoms with Crippen molar-refractivity contribution in [2.24, 2.45) is 0 Å². The van der Waals surface area contributed by atoms with Crippen LogP contribution in [0.15, 0.2) is 29.2 Å². The van der Waals surface area contributed by atoms with Crippen molar-refractivity contribution in [2.45, 2.75) is 57.9 Å². The van der Waals surface area contributed by atoms with Crippen molar-refractivity contribution in [2.75, 3.05) is 18.0 Å². The summed E-state index contributed by atoms with van der Waals surface area (Å²) in [5.74, 6) is 1.06. The Balaban J connectivity index is 1.41. The van der Waals surface area contributed by atoms with Crippen molar-refractivity contribution in [3.8, 4) is 0 Å². The topological polar surface area (TPSA) is 66.8 Å². The van der Waals surface area contributed by atoms with Crippen molar-refractivity contribution in [3.05, 3.63) is 51.7 Å². The summed E-state index contributed by atoms with van der Waals surface area (Å²) in [6.45, 7) is 6.05. The van der Waals surface area contributed by atoms with E-state index in [2.05, 4.69) is 47.0 Å². The first-order valence-electron chi connectivity index (χ1n) is 10.4. The third-order valence-electron chi connectivity index (χ3n) is 6.53. The molecule has 2 fully saturated rings. The molecule has 0 radical (unpaired) electrons. The van der Waals surface area contributed by atoms with Gasteiger partial charge in [0.2, 0.25) is 0 Å². The summed E-state index contributed by atoms with van der Waals surface area (Å²) < 4.78 is 2.01. The number of hydrogen-bond donors (Lipinski definition) is 1. The summed E-state index contributed by atoms with van der Waals surface area (Å²) in [4.78, 5) is 22.8. The van der Waals surface area contributed by atoms with Crippen LogP contribution in [0.5, 0.6) is 0 Å². The summed E-state index contributed by atoms with van der Waals surface area (Å²) in [7, 11) is 0. The molecule has 1 aliphatic heterocycles. The van der Waals surface area contributed by atoms with E-state index in [1.54, 1.807) is 6.20 Å². The molecule has 0 bridgehead atoms. The number of fused-ring (bicyclic) bond motifs is 1. The molecule has 0 atom stereocenters. The molecule has 1 aliphatic carbocycles. The molecule has 3 aromatic rings. The minimum atomic E-state index is -0.0633. The number of nitrogens with one attached hydrogen (secondary N) is 1. The van der Waals surface area contributed by atoms with Crippen molar-refractivity contribution in [1.29, 1.82) is 0 Å². The highest BCUT2D eigenvalue weighted by Crippen LogP contribution is 2.32. The summed E-state index contributed by atoms with van der Waals surface area (Å²) >= 11 is 0. The van der Waals surface area contributed by atoms with Gasteiger partial charge in [-0.3, -0.25) is 4.79 Å². The molecule has 1 N–H and O–H groups in total. The van der Waals surface area contributed by atoms with Crippen LogP contribution in [0.25, 0.3) is 11.0 Å². The fourth-order valence-electron chi connectivity index (χ4n) is 4.52. The van der Waals surface area contributed by atoms with Gasteiger partial charge in [0.25, 0.3) is 5.56 Å². The summed E-state index contributed by atoms with van der Waals surface area (Å²) in [6, 6.07) is 6.97. The van der Waals surface area contributed by atoms with Crippen LogP contribution in [-0.2, 0) is 0 Å². The first-order valence-corrected chi connectivity index (χ1v) is 10.4. The first-order chi connectivity index (χ1) is 13.6. The standard InChI is InChI=1S/C22H27N5O/c1-14-8-9-18(10-15(14)2)26-12-16(13-26)20-24-21-19(22(28)25-20)11-23-27(21)17-6-4-3-5-7-17/h8-11,16-17H,3-7,12-13H2,1-2H3,(H,24,25,28). The van der Waals surface area contributed by atoms with Crippen LogP contribution in [-0.4, -0.2) is 32.8 Å². The van der Waals surface area contributed by atoms with Crippen molar-refractivity contribution >= 4 is 16.7 Å². The molecule has 0 amide bonds. The largest absolute Gasteiger partial charge is 0.370 e. The molecule has 146 valence electrons. The average molecular weight is 377 g/mol. The fraction of sp³-hybridized carbons (Fsp3) is 0.500. The van der Waals surface area contributed by atoms with Gasteiger partial charge in [0, 0.05) is 18.8 Å². The molecule has 0 unspecified atom stereocenters. The number of rotatable bonds is 3. The highest BCUT2D eigenvalue weighted by Gasteiger charge is 2.31. The SMILES string of the molecule is Cc1ccc(N2CC(c3nc4c(cnn4C4CCCCC4)c(=O)[nH]3)C2)cc1C. The zero-order valence-electron chi connectivity index (χ0n) is 16.6. The molecule has 6 nitrogen and oxygen atoms in total. The number of aromatic nitrogens is 4. The lowest BCUT2D eigenvalue weighted by molar-refractivity contribution is 0.335.